The van der Waals surface area contributed by atoms with E-state index >= 15 is 0 Å². The van der Waals surface area contributed by atoms with Crippen LogP contribution < -0.4 is 5.32 Å². The molecule has 1 fully saturated rings. The molecule has 3 heteroatoms. The maximum Gasteiger partial charge on any atom is 0.126 e. The molecule has 0 aromatic heterocycles. The molecule has 110 valence electrons. The van der Waals surface area contributed by atoms with E-state index in [0.717, 1.165) is 23.0 Å². The molecule has 0 aliphatic heterocycles. The van der Waals surface area contributed by atoms with Crippen LogP contribution in [-0.2, 0) is 6.42 Å². The molecule has 1 saturated carbocycles. The zero-order chi connectivity index (χ0) is 14.7. The second kappa shape index (κ2) is 6.71. The van der Waals surface area contributed by atoms with Gasteiger partial charge in [-0.1, -0.05) is 52.3 Å². The van der Waals surface area contributed by atoms with Crippen molar-refractivity contribution >= 4 is 15.9 Å². The first-order valence-corrected chi connectivity index (χ1v) is 8.24. The van der Waals surface area contributed by atoms with E-state index in [1.165, 1.54) is 18.4 Å². The summed E-state index contributed by atoms with van der Waals surface area (Å²) in [5.41, 5.74) is 2.03. The third-order valence-corrected chi connectivity index (χ3v) is 4.77. The first-order valence-electron chi connectivity index (χ1n) is 7.45. The second-order valence-corrected chi connectivity index (χ2v) is 6.55. The van der Waals surface area contributed by atoms with Crippen LogP contribution in [-0.4, -0.2) is 12.6 Å². The van der Waals surface area contributed by atoms with Gasteiger partial charge in [0, 0.05) is 23.0 Å². The molecule has 2 aromatic rings. The highest BCUT2D eigenvalue weighted by molar-refractivity contribution is 9.10. The van der Waals surface area contributed by atoms with Crippen LogP contribution >= 0.6 is 15.9 Å². The maximum atomic E-state index is 14.1. The van der Waals surface area contributed by atoms with Gasteiger partial charge in [0.25, 0.3) is 0 Å². The van der Waals surface area contributed by atoms with Gasteiger partial charge in [-0.25, -0.2) is 4.39 Å². The van der Waals surface area contributed by atoms with Crippen LogP contribution in [0.1, 0.15) is 29.9 Å². The number of nitrogens with one attached hydrogen (secondary N) is 1. The second-order valence-electron chi connectivity index (χ2n) is 5.70. The summed E-state index contributed by atoms with van der Waals surface area (Å²) in [7, 11) is 0. The normalized spacial score (nSPS) is 15.9. The summed E-state index contributed by atoms with van der Waals surface area (Å²) >= 11 is 3.59. The Morgan fingerprint density at radius 1 is 1.10 bits per heavy atom. The Hall–Kier alpha value is -1.19. The largest absolute Gasteiger partial charge is 0.313 e. The Labute approximate surface area is 133 Å². The van der Waals surface area contributed by atoms with Crippen LogP contribution in [0.2, 0.25) is 0 Å². The van der Waals surface area contributed by atoms with Crippen molar-refractivity contribution in [2.45, 2.75) is 31.2 Å². The van der Waals surface area contributed by atoms with Crippen LogP contribution in [0.5, 0.6) is 0 Å². The van der Waals surface area contributed by atoms with E-state index in [-0.39, 0.29) is 11.7 Å². The molecule has 1 aliphatic rings. The monoisotopic (exact) mass is 347 g/mol. The molecule has 1 aliphatic carbocycles. The van der Waals surface area contributed by atoms with E-state index in [2.05, 4.69) is 27.3 Å². The minimum absolute atomic E-state index is 0.104. The molecule has 21 heavy (non-hydrogen) atoms. The van der Waals surface area contributed by atoms with Crippen LogP contribution in [0.15, 0.2) is 53.0 Å². The number of hydrogen-bond acceptors (Lipinski definition) is 1. The van der Waals surface area contributed by atoms with Crippen molar-refractivity contribution in [3.8, 4) is 0 Å². The number of rotatable bonds is 6. The fourth-order valence-corrected chi connectivity index (χ4v) is 3.07. The summed E-state index contributed by atoms with van der Waals surface area (Å²) < 4.78 is 15.2. The van der Waals surface area contributed by atoms with Crippen molar-refractivity contribution in [3.05, 3.63) is 69.9 Å². The standard InChI is InChI=1S/C18H19BrFN/c19-17-7-3-1-5-13(17)11-14(12-21-15-9-10-15)16-6-2-4-8-18(16)20/h1-8,14-15,21H,9-12H2. The van der Waals surface area contributed by atoms with Crippen molar-refractivity contribution in [1.29, 1.82) is 0 Å². The highest BCUT2D eigenvalue weighted by atomic mass is 79.9. The van der Waals surface area contributed by atoms with Gasteiger partial charge in [0.1, 0.15) is 5.82 Å². The van der Waals surface area contributed by atoms with E-state index in [0.29, 0.717) is 6.04 Å². The molecule has 0 amide bonds. The Morgan fingerprint density at radius 3 is 2.52 bits per heavy atom. The lowest BCUT2D eigenvalue weighted by molar-refractivity contribution is 0.535. The lowest BCUT2D eigenvalue weighted by Gasteiger charge is -2.19. The van der Waals surface area contributed by atoms with Gasteiger partial charge in [-0.15, -0.1) is 0 Å². The highest BCUT2D eigenvalue weighted by Gasteiger charge is 2.24. The predicted molar refractivity (Wildman–Crippen MR) is 88.0 cm³/mol. The maximum absolute atomic E-state index is 14.1. The third-order valence-electron chi connectivity index (χ3n) is 4.00. The van der Waals surface area contributed by atoms with Crippen LogP contribution in [0.4, 0.5) is 4.39 Å². The van der Waals surface area contributed by atoms with Crippen LogP contribution in [0.3, 0.4) is 0 Å². The Morgan fingerprint density at radius 2 is 1.81 bits per heavy atom. The van der Waals surface area contributed by atoms with Crippen LogP contribution in [0, 0.1) is 5.82 Å². The highest BCUT2D eigenvalue weighted by Crippen LogP contribution is 2.28. The van der Waals surface area contributed by atoms with Gasteiger partial charge in [0.2, 0.25) is 0 Å². The average Bonchev–Trinajstić information content (AvgIpc) is 3.30. The molecule has 1 atom stereocenters. The minimum atomic E-state index is -0.104. The summed E-state index contributed by atoms with van der Waals surface area (Å²) in [4.78, 5) is 0. The molecule has 2 aromatic carbocycles. The molecule has 0 heterocycles. The van der Waals surface area contributed by atoms with Crippen molar-refractivity contribution in [2.24, 2.45) is 0 Å². The van der Waals surface area contributed by atoms with E-state index in [4.69, 9.17) is 0 Å². The lowest BCUT2D eigenvalue weighted by atomic mass is 9.91. The lowest BCUT2D eigenvalue weighted by Crippen LogP contribution is -2.25. The van der Waals surface area contributed by atoms with E-state index in [1.807, 2.05) is 30.3 Å². The summed E-state index contributed by atoms with van der Waals surface area (Å²) in [6.07, 6.45) is 3.33. The smallest absolute Gasteiger partial charge is 0.126 e. The third kappa shape index (κ3) is 3.92. The quantitative estimate of drug-likeness (QED) is 0.800. The summed E-state index contributed by atoms with van der Waals surface area (Å²) in [5.74, 6) is 0.0534. The minimum Gasteiger partial charge on any atom is -0.313 e. The molecule has 1 nitrogen and oxygen atoms in total. The van der Waals surface area contributed by atoms with Crippen molar-refractivity contribution in [2.75, 3.05) is 6.54 Å². The topological polar surface area (TPSA) is 12.0 Å². The van der Waals surface area contributed by atoms with Gasteiger partial charge in [0.15, 0.2) is 0 Å². The Bertz CT molecular complexity index is 610. The molecular formula is C18H19BrFN. The summed E-state index contributed by atoms with van der Waals surface area (Å²) in [6, 6.07) is 16.0. The van der Waals surface area contributed by atoms with Crippen molar-refractivity contribution in [1.82, 2.24) is 5.32 Å². The molecule has 0 spiro atoms. The van der Waals surface area contributed by atoms with Gasteiger partial charge >= 0.3 is 0 Å². The molecule has 0 saturated heterocycles. The number of halogens is 2. The van der Waals surface area contributed by atoms with Crippen LogP contribution in [0.25, 0.3) is 0 Å². The van der Waals surface area contributed by atoms with Gasteiger partial charge in [-0.3, -0.25) is 0 Å². The molecule has 1 unspecified atom stereocenters. The van der Waals surface area contributed by atoms with E-state index in [1.54, 1.807) is 12.1 Å². The van der Waals surface area contributed by atoms with Gasteiger partial charge < -0.3 is 5.32 Å². The summed E-state index contributed by atoms with van der Waals surface area (Å²) in [6.45, 7) is 0.826. The Kier molecular flexibility index (Phi) is 4.71. The fraction of sp³-hybridized carbons (Fsp3) is 0.333. The van der Waals surface area contributed by atoms with Gasteiger partial charge in [-0.05, 0) is 42.5 Å². The van der Waals surface area contributed by atoms with Crippen molar-refractivity contribution in [3.63, 3.8) is 0 Å². The predicted octanol–water partition coefficient (Wildman–Crippen LogP) is 4.67. The zero-order valence-electron chi connectivity index (χ0n) is 11.9. The summed E-state index contributed by atoms with van der Waals surface area (Å²) in [5, 5.41) is 3.54. The molecule has 0 bridgehead atoms. The molecule has 1 N–H and O–H groups in total. The first kappa shape index (κ1) is 14.7. The zero-order valence-corrected chi connectivity index (χ0v) is 13.4. The Balaban J connectivity index is 1.81. The molecular weight excluding hydrogens is 329 g/mol. The SMILES string of the molecule is Fc1ccccc1C(CNC1CC1)Cc1ccccc1Br. The number of hydrogen-bond donors (Lipinski definition) is 1. The van der Waals surface area contributed by atoms with Crippen molar-refractivity contribution < 1.29 is 4.39 Å². The molecule has 0 radical (unpaired) electrons. The van der Waals surface area contributed by atoms with E-state index < -0.39 is 0 Å². The fourth-order valence-electron chi connectivity index (χ4n) is 2.62. The van der Waals surface area contributed by atoms with E-state index in [9.17, 15) is 4.39 Å². The van der Waals surface area contributed by atoms with Gasteiger partial charge in [-0.2, -0.15) is 0 Å². The molecule has 3 rings (SSSR count). The number of benzene rings is 2. The van der Waals surface area contributed by atoms with Gasteiger partial charge in [0.05, 0.1) is 0 Å². The first-order chi connectivity index (χ1) is 10.2. The average molecular weight is 348 g/mol.